The van der Waals surface area contributed by atoms with Gasteiger partial charge >= 0.3 is 5.97 Å². The minimum absolute atomic E-state index is 0.454. The van der Waals surface area contributed by atoms with Gasteiger partial charge in [-0.2, -0.15) is 0 Å². The van der Waals surface area contributed by atoms with Gasteiger partial charge in [-0.15, -0.1) is 0 Å². The highest BCUT2D eigenvalue weighted by atomic mass is 16.4. The Morgan fingerprint density at radius 1 is 1.50 bits per heavy atom. The summed E-state index contributed by atoms with van der Waals surface area (Å²) in [5.41, 5.74) is 0. The van der Waals surface area contributed by atoms with E-state index < -0.39 is 25.5 Å². The van der Waals surface area contributed by atoms with Gasteiger partial charge in [-0.1, -0.05) is 0 Å². The molecule has 0 fully saturated rings. The largest absolute Gasteiger partial charge is 0.480 e. The van der Waals surface area contributed by atoms with E-state index in [1.165, 1.54) is 6.92 Å². The molecule has 60 valence electrons. The van der Waals surface area contributed by atoms with Crippen molar-refractivity contribution in [1.29, 1.82) is 0 Å². The van der Waals surface area contributed by atoms with Gasteiger partial charge in [0, 0.05) is 0 Å². The van der Waals surface area contributed by atoms with Gasteiger partial charge in [-0.3, -0.25) is 4.79 Å². The van der Waals surface area contributed by atoms with Crippen molar-refractivity contribution < 1.29 is 20.1 Å². The van der Waals surface area contributed by atoms with Crippen LogP contribution < -0.4 is 0 Å². The third-order valence-corrected chi connectivity index (χ3v) is 1.27. The van der Waals surface area contributed by atoms with Gasteiger partial charge in [0.2, 0.25) is 0 Å². The first-order chi connectivity index (χ1) is 4.63. The van der Waals surface area contributed by atoms with Crippen LogP contribution in [0.25, 0.3) is 0 Å². The molecule has 0 saturated heterocycles. The van der Waals surface area contributed by atoms with E-state index in [9.17, 15) is 4.79 Å². The molecule has 5 nitrogen and oxygen atoms in total. The Labute approximate surface area is 58.5 Å². The van der Waals surface area contributed by atoms with Crippen LogP contribution in [0.5, 0.6) is 0 Å². The number of hydrogen-bond acceptors (Lipinski definition) is 4. The molecule has 0 aromatic carbocycles. The fourth-order valence-electron chi connectivity index (χ4n) is 0.446. The fraction of sp³-hybridized carbons (Fsp3) is 0.800. The lowest BCUT2D eigenvalue weighted by Gasteiger charge is -2.19. The summed E-state index contributed by atoms with van der Waals surface area (Å²) in [7, 11) is 0. The number of aliphatic carboxylic acids is 1. The normalized spacial score (nSPS) is 13.6. The van der Waals surface area contributed by atoms with Crippen molar-refractivity contribution in [2.24, 2.45) is 0 Å². The van der Waals surface area contributed by atoms with E-state index in [-0.39, 0.29) is 0 Å². The predicted octanol–water partition coefficient (Wildman–Crippen LogP) is -1.34. The van der Waals surface area contributed by atoms with Gasteiger partial charge in [0.25, 0.3) is 0 Å². The Kier molecular flexibility index (Phi) is 3.94. The van der Waals surface area contributed by atoms with Crippen LogP contribution in [0.15, 0.2) is 0 Å². The first-order valence-electron chi connectivity index (χ1n) is 2.82. The van der Waals surface area contributed by atoms with Crippen LogP contribution in [-0.2, 0) is 4.79 Å². The number of rotatable bonds is 4. The highest BCUT2D eigenvalue weighted by molar-refractivity contribution is 5.72. The lowest BCUT2D eigenvalue weighted by Crippen LogP contribution is -2.40. The van der Waals surface area contributed by atoms with Crippen LogP contribution in [-0.4, -0.2) is 45.7 Å². The summed E-state index contributed by atoms with van der Waals surface area (Å²) < 4.78 is 0. The molecule has 0 aliphatic rings. The lowest BCUT2D eigenvalue weighted by atomic mass is 10.3. The van der Waals surface area contributed by atoms with Crippen LogP contribution in [0.1, 0.15) is 6.92 Å². The molecule has 0 aromatic rings. The standard InChI is InChI=1S/C5H11NO4/c1-4(5(9)10)6(2-7)3-8/h4,7-8H,2-3H2,1H3,(H,9,10). The zero-order valence-electron chi connectivity index (χ0n) is 5.69. The summed E-state index contributed by atoms with van der Waals surface area (Å²) in [4.78, 5) is 11.2. The highest BCUT2D eigenvalue weighted by Gasteiger charge is 2.17. The molecule has 3 N–H and O–H groups in total. The number of aliphatic hydroxyl groups excluding tert-OH is 2. The molecular formula is C5H11NO4. The van der Waals surface area contributed by atoms with E-state index in [1.807, 2.05) is 0 Å². The smallest absolute Gasteiger partial charge is 0.320 e. The van der Waals surface area contributed by atoms with E-state index in [1.54, 1.807) is 0 Å². The summed E-state index contributed by atoms with van der Waals surface area (Å²) in [6.45, 7) is 0.475. The van der Waals surface area contributed by atoms with E-state index in [0.29, 0.717) is 0 Å². The molecule has 5 heteroatoms. The van der Waals surface area contributed by atoms with Gasteiger partial charge in [0.1, 0.15) is 6.04 Å². The molecule has 1 atom stereocenters. The van der Waals surface area contributed by atoms with E-state index in [2.05, 4.69) is 0 Å². The van der Waals surface area contributed by atoms with Gasteiger partial charge in [0.05, 0.1) is 13.5 Å². The lowest BCUT2D eigenvalue weighted by molar-refractivity contribution is -0.146. The summed E-state index contributed by atoms with van der Waals surface area (Å²) in [5, 5.41) is 25.2. The molecule has 0 aromatic heterocycles. The molecule has 0 heterocycles. The van der Waals surface area contributed by atoms with Crippen LogP contribution in [0.2, 0.25) is 0 Å². The van der Waals surface area contributed by atoms with Crippen molar-refractivity contribution in [3.63, 3.8) is 0 Å². The van der Waals surface area contributed by atoms with Gasteiger partial charge in [-0.05, 0) is 6.92 Å². The molecular weight excluding hydrogens is 138 g/mol. The Morgan fingerprint density at radius 3 is 2.00 bits per heavy atom. The SMILES string of the molecule is CC(C(=O)O)N(CO)CO. The molecule has 0 aliphatic heterocycles. The monoisotopic (exact) mass is 149 g/mol. The van der Waals surface area contributed by atoms with Gasteiger partial charge in [0.15, 0.2) is 0 Å². The summed E-state index contributed by atoms with van der Waals surface area (Å²) in [5.74, 6) is -1.07. The second-order valence-corrected chi connectivity index (χ2v) is 1.89. The molecule has 0 amide bonds. The number of nitrogens with zero attached hydrogens (tertiary/aromatic N) is 1. The second-order valence-electron chi connectivity index (χ2n) is 1.89. The molecule has 0 saturated carbocycles. The third kappa shape index (κ3) is 2.30. The maximum absolute atomic E-state index is 10.2. The van der Waals surface area contributed by atoms with Crippen molar-refractivity contribution in [1.82, 2.24) is 4.90 Å². The maximum atomic E-state index is 10.2. The number of hydrogen-bond donors (Lipinski definition) is 3. The summed E-state index contributed by atoms with van der Waals surface area (Å²) >= 11 is 0. The number of carboxylic acids is 1. The zero-order valence-corrected chi connectivity index (χ0v) is 5.69. The summed E-state index contributed by atoms with van der Waals surface area (Å²) in [6, 6.07) is -0.852. The average Bonchev–Trinajstić information content (AvgIpc) is 1.90. The Morgan fingerprint density at radius 2 is 1.90 bits per heavy atom. The quantitative estimate of drug-likeness (QED) is 0.431. The van der Waals surface area contributed by atoms with Crippen molar-refractivity contribution >= 4 is 5.97 Å². The molecule has 10 heavy (non-hydrogen) atoms. The maximum Gasteiger partial charge on any atom is 0.320 e. The molecule has 0 aliphatic carbocycles. The molecule has 1 unspecified atom stereocenters. The Balaban J connectivity index is 3.88. The molecule has 0 radical (unpaired) electrons. The number of carboxylic acid groups (broad SMARTS) is 1. The van der Waals surface area contributed by atoms with Gasteiger partial charge in [-0.25, -0.2) is 4.90 Å². The first kappa shape index (κ1) is 9.35. The van der Waals surface area contributed by atoms with Crippen LogP contribution in [0, 0.1) is 0 Å². The van der Waals surface area contributed by atoms with Crippen molar-refractivity contribution in [2.45, 2.75) is 13.0 Å². The third-order valence-electron chi connectivity index (χ3n) is 1.27. The molecule has 0 spiro atoms. The Hall–Kier alpha value is -0.650. The van der Waals surface area contributed by atoms with E-state index >= 15 is 0 Å². The molecule has 0 rings (SSSR count). The summed E-state index contributed by atoms with van der Waals surface area (Å²) in [6.07, 6.45) is 0. The zero-order chi connectivity index (χ0) is 8.15. The van der Waals surface area contributed by atoms with Crippen molar-refractivity contribution in [3.05, 3.63) is 0 Å². The van der Waals surface area contributed by atoms with Crippen LogP contribution >= 0.6 is 0 Å². The highest BCUT2D eigenvalue weighted by Crippen LogP contribution is 1.94. The van der Waals surface area contributed by atoms with E-state index in [4.69, 9.17) is 15.3 Å². The van der Waals surface area contributed by atoms with E-state index in [0.717, 1.165) is 4.90 Å². The van der Waals surface area contributed by atoms with Crippen molar-refractivity contribution in [3.8, 4) is 0 Å². The first-order valence-corrected chi connectivity index (χ1v) is 2.82. The number of carbonyl (C=O) groups is 1. The Bertz CT molecular complexity index is 112. The number of aliphatic hydroxyl groups is 2. The minimum Gasteiger partial charge on any atom is -0.480 e. The minimum atomic E-state index is -1.07. The average molecular weight is 149 g/mol. The van der Waals surface area contributed by atoms with Crippen LogP contribution in [0.4, 0.5) is 0 Å². The van der Waals surface area contributed by atoms with Crippen LogP contribution in [0.3, 0.4) is 0 Å². The van der Waals surface area contributed by atoms with Gasteiger partial charge < -0.3 is 15.3 Å². The predicted molar refractivity (Wildman–Crippen MR) is 33.1 cm³/mol. The topological polar surface area (TPSA) is 81.0 Å². The van der Waals surface area contributed by atoms with Crippen molar-refractivity contribution in [2.75, 3.05) is 13.5 Å². The fourth-order valence-corrected chi connectivity index (χ4v) is 0.446. The second kappa shape index (κ2) is 4.21. The molecule has 0 bridgehead atoms.